The monoisotopic (exact) mass is 241 g/mol. The number of nitrogens with two attached hydrogens (primary N) is 1. The second kappa shape index (κ2) is 4.43. The molecule has 88 valence electrons. The summed E-state index contributed by atoms with van der Waals surface area (Å²) in [5, 5.41) is 4.88. The lowest BCUT2D eigenvalue weighted by Gasteiger charge is -2.07. The van der Waals surface area contributed by atoms with Gasteiger partial charge < -0.3 is 4.74 Å². The largest absolute Gasteiger partial charge is 0.492 e. The Bertz CT molecular complexity index is 482. The Kier molecular flexibility index (Phi) is 3.16. The van der Waals surface area contributed by atoms with Crippen LogP contribution < -0.4 is 9.88 Å². The van der Waals surface area contributed by atoms with Gasteiger partial charge in [-0.25, -0.2) is 13.6 Å². The van der Waals surface area contributed by atoms with Crippen molar-refractivity contribution in [3.8, 4) is 5.75 Å². The van der Waals surface area contributed by atoms with E-state index in [0.29, 0.717) is 0 Å². The molecular formula is C11H15NO3S. The molecule has 2 N–H and O–H groups in total. The number of primary sulfonamides is 1. The van der Waals surface area contributed by atoms with Crippen LogP contribution in [0.3, 0.4) is 0 Å². The summed E-state index contributed by atoms with van der Waals surface area (Å²) >= 11 is 0. The normalized spacial score (nSPS) is 14.8. The van der Waals surface area contributed by atoms with Gasteiger partial charge in [0, 0.05) is 0 Å². The van der Waals surface area contributed by atoms with Gasteiger partial charge in [0.1, 0.15) is 12.4 Å². The van der Waals surface area contributed by atoms with Crippen molar-refractivity contribution in [1.29, 1.82) is 0 Å². The molecule has 16 heavy (non-hydrogen) atoms. The van der Waals surface area contributed by atoms with Crippen molar-refractivity contribution in [3.05, 3.63) is 29.3 Å². The summed E-state index contributed by atoms with van der Waals surface area (Å²) in [6, 6.07) is 5.92. The average molecular weight is 241 g/mol. The van der Waals surface area contributed by atoms with E-state index >= 15 is 0 Å². The number of ether oxygens (including phenoxy) is 1. The van der Waals surface area contributed by atoms with Crippen molar-refractivity contribution in [2.24, 2.45) is 5.14 Å². The Balaban J connectivity index is 1.95. The van der Waals surface area contributed by atoms with Gasteiger partial charge in [0.25, 0.3) is 0 Å². The maximum atomic E-state index is 10.7. The number of aryl methyl sites for hydroxylation is 2. The van der Waals surface area contributed by atoms with Gasteiger partial charge in [-0.1, -0.05) is 6.07 Å². The molecule has 0 spiro atoms. The molecule has 0 saturated carbocycles. The van der Waals surface area contributed by atoms with Crippen LogP contribution in [0.25, 0.3) is 0 Å². The highest BCUT2D eigenvalue weighted by molar-refractivity contribution is 7.89. The zero-order chi connectivity index (χ0) is 11.6. The van der Waals surface area contributed by atoms with Crippen LogP contribution >= 0.6 is 0 Å². The van der Waals surface area contributed by atoms with Crippen molar-refractivity contribution < 1.29 is 13.2 Å². The molecule has 0 aromatic heterocycles. The number of hydrogen-bond donors (Lipinski definition) is 1. The Morgan fingerprint density at radius 1 is 1.25 bits per heavy atom. The molecule has 1 aliphatic rings. The zero-order valence-electron chi connectivity index (χ0n) is 8.98. The molecule has 0 saturated heterocycles. The lowest BCUT2D eigenvalue weighted by Crippen LogP contribution is -2.21. The summed E-state index contributed by atoms with van der Waals surface area (Å²) in [7, 11) is -3.43. The number of fused-ring (bicyclic) bond motifs is 1. The minimum Gasteiger partial charge on any atom is -0.492 e. The minimum absolute atomic E-state index is 0.109. The summed E-state index contributed by atoms with van der Waals surface area (Å²) in [4.78, 5) is 0. The lowest BCUT2D eigenvalue weighted by molar-refractivity contribution is 0.340. The van der Waals surface area contributed by atoms with Crippen molar-refractivity contribution in [1.82, 2.24) is 0 Å². The summed E-state index contributed by atoms with van der Waals surface area (Å²) in [6.45, 7) is 0.109. The quantitative estimate of drug-likeness (QED) is 0.849. The first-order chi connectivity index (χ1) is 7.54. The fourth-order valence-electron chi connectivity index (χ4n) is 1.91. The van der Waals surface area contributed by atoms with Crippen LogP contribution in [0.5, 0.6) is 5.75 Å². The fourth-order valence-corrected chi connectivity index (χ4v) is 2.23. The van der Waals surface area contributed by atoms with Gasteiger partial charge in [0.15, 0.2) is 0 Å². The van der Waals surface area contributed by atoms with Gasteiger partial charge in [0.05, 0.1) is 5.75 Å². The smallest absolute Gasteiger partial charge is 0.212 e. The van der Waals surface area contributed by atoms with Crippen LogP contribution in [0.15, 0.2) is 18.2 Å². The third-order valence-electron chi connectivity index (χ3n) is 2.71. The SMILES string of the molecule is NS(=O)(=O)CCOc1ccc2c(c1)CCC2. The van der Waals surface area contributed by atoms with E-state index in [1.807, 2.05) is 12.1 Å². The molecule has 0 aliphatic heterocycles. The first kappa shape index (κ1) is 11.4. The number of rotatable bonds is 4. The Hall–Kier alpha value is -1.07. The predicted molar refractivity (Wildman–Crippen MR) is 61.9 cm³/mol. The van der Waals surface area contributed by atoms with E-state index < -0.39 is 10.0 Å². The minimum atomic E-state index is -3.43. The highest BCUT2D eigenvalue weighted by atomic mass is 32.2. The van der Waals surface area contributed by atoms with Crippen LogP contribution in [0, 0.1) is 0 Å². The lowest BCUT2D eigenvalue weighted by atomic mass is 10.1. The van der Waals surface area contributed by atoms with E-state index in [0.717, 1.165) is 18.6 Å². The van der Waals surface area contributed by atoms with E-state index in [9.17, 15) is 8.42 Å². The summed E-state index contributed by atoms with van der Waals surface area (Å²) in [6.07, 6.45) is 3.41. The maximum absolute atomic E-state index is 10.7. The Labute approximate surface area is 95.5 Å². The third kappa shape index (κ3) is 2.96. The summed E-state index contributed by atoms with van der Waals surface area (Å²) < 4.78 is 26.8. The van der Waals surface area contributed by atoms with Gasteiger partial charge >= 0.3 is 0 Å². The fraction of sp³-hybridized carbons (Fsp3) is 0.455. The second-order valence-electron chi connectivity index (χ2n) is 4.00. The molecule has 1 aliphatic carbocycles. The number of sulfonamides is 1. The van der Waals surface area contributed by atoms with E-state index in [1.54, 1.807) is 0 Å². The van der Waals surface area contributed by atoms with Crippen LogP contribution in [0.2, 0.25) is 0 Å². The van der Waals surface area contributed by atoms with Crippen LogP contribution in [-0.4, -0.2) is 20.8 Å². The molecule has 1 aromatic carbocycles. The number of benzene rings is 1. The molecule has 0 unspecified atom stereocenters. The van der Waals surface area contributed by atoms with Crippen molar-refractivity contribution in [2.45, 2.75) is 19.3 Å². The summed E-state index contributed by atoms with van der Waals surface area (Å²) in [5.74, 6) is 0.577. The highest BCUT2D eigenvalue weighted by Crippen LogP contribution is 2.25. The molecule has 5 heteroatoms. The molecule has 4 nitrogen and oxygen atoms in total. The molecule has 0 fully saturated rings. The van der Waals surface area contributed by atoms with Gasteiger partial charge in [-0.2, -0.15) is 0 Å². The zero-order valence-corrected chi connectivity index (χ0v) is 9.79. The molecule has 0 amide bonds. The predicted octanol–water partition coefficient (Wildman–Crippen LogP) is 0.843. The highest BCUT2D eigenvalue weighted by Gasteiger charge is 2.11. The third-order valence-corrected chi connectivity index (χ3v) is 3.44. The van der Waals surface area contributed by atoms with E-state index in [2.05, 4.69) is 6.07 Å². The van der Waals surface area contributed by atoms with Crippen LogP contribution in [-0.2, 0) is 22.9 Å². The topological polar surface area (TPSA) is 69.4 Å². The van der Waals surface area contributed by atoms with Crippen molar-refractivity contribution >= 4 is 10.0 Å². The standard InChI is InChI=1S/C11H15NO3S/c12-16(13,14)7-6-15-11-5-4-9-2-1-3-10(9)8-11/h4-5,8H,1-3,6-7H2,(H2,12,13,14). The molecule has 0 radical (unpaired) electrons. The first-order valence-corrected chi connectivity index (χ1v) is 7.01. The maximum Gasteiger partial charge on any atom is 0.212 e. The van der Waals surface area contributed by atoms with Gasteiger partial charge in [-0.15, -0.1) is 0 Å². The van der Waals surface area contributed by atoms with Gasteiger partial charge in [0.2, 0.25) is 10.0 Å². The van der Waals surface area contributed by atoms with E-state index in [-0.39, 0.29) is 12.4 Å². The molecule has 0 atom stereocenters. The summed E-state index contributed by atoms with van der Waals surface area (Å²) in [5.41, 5.74) is 2.69. The van der Waals surface area contributed by atoms with Gasteiger partial charge in [-0.05, 0) is 42.5 Å². The molecule has 0 bridgehead atoms. The van der Waals surface area contributed by atoms with Crippen LogP contribution in [0.4, 0.5) is 0 Å². The van der Waals surface area contributed by atoms with Crippen molar-refractivity contribution in [2.75, 3.05) is 12.4 Å². The van der Waals surface area contributed by atoms with E-state index in [4.69, 9.17) is 9.88 Å². The average Bonchev–Trinajstić information content (AvgIpc) is 2.62. The number of hydrogen-bond acceptors (Lipinski definition) is 3. The first-order valence-electron chi connectivity index (χ1n) is 5.30. The molecular weight excluding hydrogens is 226 g/mol. The molecule has 0 heterocycles. The Morgan fingerprint density at radius 2 is 2.00 bits per heavy atom. The molecule has 1 aromatic rings. The Morgan fingerprint density at radius 3 is 2.75 bits per heavy atom. The van der Waals surface area contributed by atoms with Crippen molar-refractivity contribution in [3.63, 3.8) is 0 Å². The second-order valence-corrected chi connectivity index (χ2v) is 5.73. The van der Waals surface area contributed by atoms with Gasteiger partial charge in [-0.3, -0.25) is 0 Å². The molecule has 2 rings (SSSR count). The van der Waals surface area contributed by atoms with E-state index in [1.165, 1.54) is 17.5 Å². The van der Waals surface area contributed by atoms with Crippen LogP contribution in [0.1, 0.15) is 17.5 Å².